The number of rotatable bonds is 9. The highest BCUT2D eigenvalue weighted by molar-refractivity contribution is 7.72. The molecule has 6 heteroatoms. The highest BCUT2D eigenvalue weighted by Crippen LogP contribution is 2.78. The molecule has 48 heavy (non-hydrogen) atoms. The van der Waals surface area contributed by atoms with Gasteiger partial charge in [0.1, 0.15) is 0 Å². The van der Waals surface area contributed by atoms with Crippen molar-refractivity contribution in [2.75, 3.05) is 0 Å². The van der Waals surface area contributed by atoms with Gasteiger partial charge in [0.05, 0.1) is 16.1 Å². The zero-order valence-corrected chi connectivity index (χ0v) is 34.8. The van der Waals surface area contributed by atoms with Gasteiger partial charge >= 0.3 is 0 Å². The maximum Gasteiger partial charge on any atom is 0.0774 e. The molecule has 8 aliphatic rings. The highest BCUT2D eigenvalue weighted by Gasteiger charge is 2.69. The fraction of sp³-hybridized carbons (Fsp3) is 0.667. The van der Waals surface area contributed by atoms with E-state index in [1.165, 1.54) is 93.8 Å². The molecule has 0 aliphatic heterocycles. The number of H-pyrrole nitrogens is 2. The van der Waals surface area contributed by atoms with Gasteiger partial charge in [-0.25, -0.2) is 0 Å². The van der Waals surface area contributed by atoms with Crippen LogP contribution in [0.1, 0.15) is 88.2 Å². The van der Waals surface area contributed by atoms with E-state index in [0.29, 0.717) is 10.8 Å². The van der Waals surface area contributed by atoms with Gasteiger partial charge in [-0.3, -0.25) is 0 Å². The Labute approximate surface area is 297 Å². The molecule has 8 aliphatic carbocycles. The SMILES string of the molecule is C[Si](C)(C)c1cc(CP(c2cc[nH]c2)c2cc[nH]c2)c(C(P)(C23CC4CC(CC(C4)C2)C3)C23CC4CC(CC(C4)C2)C3)cc1[Si](C)(C)C. The van der Waals surface area contributed by atoms with Crippen LogP contribution >= 0.6 is 17.2 Å². The lowest BCUT2D eigenvalue weighted by Crippen LogP contribution is -2.65. The quantitative estimate of drug-likeness (QED) is 0.164. The molecular weight excluding hydrogens is 651 g/mol. The normalized spacial score (nSPS) is 36.7. The summed E-state index contributed by atoms with van der Waals surface area (Å²) in [4.78, 5) is 6.92. The van der Waals surface area contributed by atoms with Crippen molar-refractivity contribution in [2.45, 2.75) is 128 Å². The summed E-state index contributed by atoms with van der Waals surface area (Å²) < 4.78 is 0. The predicted molar refractivity (Wildman–Crippen MR) is 216 cm³/mol. The van der Waals surface area contributed by atoms with E-state index >= 15 is 0 Å². The van der Waals surface area contributed by atoms with Gasteiger partial charge in [0, 0.05) is 36.1 Å². The largest absolute Gasteiger partial charge is 0.367 e. The van der Waals surface area contributed by atoms with E-state index in [9.17, 15) is 0 Å². The first-order valence-corrected chi connectivity index (χ1v) is 28.9. The monoisotopic (exact) mass is 712 g/mol. The highest BCUT2D eigenvalue weighted by atomic mass is 31.1. The van der Waals surface area contributed by atoms with Crippen LogP contribution in [0, 0.1) is 46.3 Å². The molecule has 258 valence electrons. The van der Waals surface area contributed by atoms with Gasteiger partial charge in [0.2, 0.25) is 0 Å². The van der Waals surface area contributed by atoms with Gasteiger partial charge in [-0.2, -0.15) is 0 Å². The van der Waals surface area contributed by atoms with Crippen molar-refractivity contribution in [3.8, 4) is 0 Å². The average molecular weight is 713 g/mol. The Morgan fingerprint density at radius 2 is 1.02 bits per heavy atom. The summed E-state index contributed by atoms with van der Waals surface area (Å²) in [5, 5.41) is 6.76. The van der Waals surface area contributed by atoms with Crippen LogP contribution in [0.15, 0.2) is 49.1 Å². The van der Waals surface area contributed by atoms with Crippen molar-refractivity contribution in [2.24, 2.45) is 46.3 Å². The maximum atomic E-state index is 3.97. The number of hydrogen-bond acceptors (Lipinski definition) is 0. The van der Waals surface area contributed by atoms with Crippen molar-refractivity contribution in [3.63, 3.8) is 0 Å². The minimum Gasteiger partial charge on any atom is -0.367 e. The minimum absolute atomic E-state index is 0.172. The molecule has 0 amide bonds. The Kier molecular flexibility index (Phi) is 7.75. The number of nitrogens with one attached hydrogen (secondary N) is 2. The third-order valence-electron chi connectivity index (χ3n) is 15.1. The Balaban J connectivity index is 1.32. The summed E-state index contributed by atoms with van der Waals surface area (Å²) in [6.07, 6.45) is 28.3. The lowest BCUT2D eigenvalue weighted by molar-refractivity contribution is -0.158. The molecular formula is C42H62N2P2Si2. The van der Waals surface area contributed by atoms with E-state index in [2.05, 4.69) is 108 Å². The lowest BCUT2D eigenvalue weighted by Gasteiger charge is -2.72. The van der Waals surface area contributed by atoms with Crippen LogP contribution in [0.4, 0.5) is 0 Å². The summed E-state index contributed by atoms with van der Waals surface area (Å²) in [6.45, 7) is 15.8. The molecule has 3 aromatic rings. The number of aromatic nitrogens is 2. The summed E-state index contributed by atoms with van der Waals surface area (Å²) >= 11 is 0. The molecule has 2 heterocycles. The molecule has 1 atom stereocenters. The van der Waals surface area contributed by atoms with E-state index < -0.39 is 24.1 Å². The number of benzene rings is 1. The summed E-state index contributed by atoms with van der Waals surface area (Å²) in [6, 6.07) is 10.6. The van der Waals surface area contributed by atoms with Crippen LogP contribution in [-0.4, -0.2) is 26.1 Å². The van der Waals surface area contributed by atoms with E-state index in [1.807, 2.05) is 10.8 Å². The Hall–Kier alpha value is -0.926. The summed E-state index contributed by atoms with van der Waals surface area (Å²) in [5.41, 5.74) is 4.46. The van der Waals surface area contributed by atoms with E-state index in [0.717, 1.165) is 35.5 Å². The molecule has 11 rings (SSSR count). The zero-order valence-electron chi connectivity index (χ0n) is 30.8. The van der Waals surface area contributed by atoms with Gasteiger partial charge in [-0.1, -0.05) is 61.8 Å². The molecule has 0 saturated heterocycles. The third-order valence-corrected chi connectivity index (χ3v) is 23.5. The van der Waals surface area contributed by atoms with E-state index in [-0.39, 0.29) is 5.16 Å². The summed E-state index contributed by atoms with van der Waals surface area (Å²) in [5.74, 6) is 5.85. The molecule has 2 aromatic heterocycles. The molecule has 0 spiro atoms. The number of aromatic amines is 2. The van der Waals surface area contributed by atoms with Gasteiger partial charge < -0.3 is 9.97 Å². The first kappa shape index (κ1) is 32.9. The second kappa shape index (κ2) is 11.3. The topological polar surface area (TPSA) is 31.6 Å². The van der Waals surface area contributed by atoms with Crippen molar-refractivity contribution < 1.29 is 0 Å². The van der Waals surface area contributed by atoms with Crippen LogP contribution in [-0.2, 0) is 11.3 Å². The van der Waals surface area contributed by atoms with E-state index in [4.69, 9.17) is 0 Å². The molecule has 2 nitrogen and oxygen atoms in total. The smallest absolute Gasteiger partial charge is 0.0774 e. The maximum absolute atomic E-state index is 3.97. The fourth-order valence-electron chi connectivity index (χ4n) is 14.2. The Bertz CT molecular complexity index is 1510. The van der Waals surface area contributed by atoms with Crippen molar-refractivity contribution in [3.05, 3.63) is 60.2 Å². The second-order valence-corrected chi connectivity index (χ2v) is 33.6. The van der Waals surface area contributed by atoms with Gasteiger partial charge in [0.25, 0.3) is 0 Å². The second-order valence-electron chi connectivity index (χ2n) is 20.5. The molecule has 1 unspecified atom stereocenters. The van der Waals surface area contributed by atoms with Gasteiger partial charge in [-0.05, 0) is 165 Å². The average Bonchev–Trinajstić information content (AvgIpc) is 3.72. The minimum atomic E-state index is -1.62. The standard InChI is InChI=1S/C42H62N2P2Si2/c1-47(2,3)38-17-34(27-46(35-7-9-43-25-35)36-8-10-44-26-36)37(18-39(38)48(4,5)6)42(45,40-19-28-11-29(20-40)13-30(12-28)21-40)41-22-31-14-32(23-41)16-33(15-31)24-41/h7-10,17-18,25-26,28-33,43-44H,11-16,19-24,27,45H2,1-6H3. The van der Waals surface area contributed by atoms with Crippen LogP contribution in [0.25, 0.3) is 0 Å². The molecule has 0 radical (unpaired) electrons. The van der Waals surface area contributed by atoms with Crippen molar-refractivity contribution in [1.82, 2.24) is 9.97 Å². The Morgan fingerprint density at radius 1 is 0.646 bits per heavy atom. The first-order chi connectivity index (χ1) is 22.8. The zero-order chi connectivity index (χ0) is 33.3. The van der Waals surface area contributed by atoms with Crippen LogP contribution in [0.2, 0.25) is 39.3 Å². The Morgan fingerprint density at radius 3 is 1.35 bits per heavy atom. The summed E-state index contributed by atoms with van der Waals surface area (Å²) in [7, 11) is 0.228. The molecule has 2 N–H and O–H groups in total. The van der Waals surface area contributed by atoms with Crippen molar-refractivity contribution >= 4 is 54.3 Å². The fourth-order valence-corrected chi connectivity index (χ4v) is 22.6. The van der Waals surface area contributed by atoms with Gasteiger partial charge in [-0.15, -0.1) is 9.24 Å². The van der Waals surface area contributed by atoms with Crippen LogP contribution < -0.4 is 21.0 Å². The predicted octanol–water partition coefficient (Wildman–Crippen LogP) is 9.57. The first-order valence-electron chi connectivity index (χ1n) is 19.8. The van der Waals surface area contributed by atoms with Crippen molar-refractivity contribution in [1.29, 1.82) is 0 Å². The molecule has 8 saturated carbocycles. The number of hydrogen-bond donors (Lipinski definition) is 2. The van der Waals surface area contributed by atoms with Crippen LogP contribution in [0.5, 0.6) is 0 Å². The van der Waals surface area contributed by atoms with Gasteiger partial charge in [0.15, 0.2) is 0 Å². The lowest BCUT2D eigenvalue weighted by atomic mass is 9.37. The van der Waals surface area contributed by atoms with E-state index in [1.54, 1.807) is 10.8 Å². The molecule has 1 aromatic carbocycles. The molecule has 8 fully saturated rings. The van der Waals surface area contributed by atoms with Crippen LogP contribution in [0.3, 0.4) is 0 Å². The molecule has 8 bridgehead atoms. The third kappa shape index (κ3) is 5.10.